The molecule has 2 nitrogen and oxygen atoms in total. The molecule has 0 aliphatic rings. The third kappa shape index (κ3) is 1.52. The van der Waals surface area contributed by atoms with E-state index >= 15 is 0 Å². The minimum absolute atomic E-state index is 0.434. The Morgan fingerprint density at radius 3 is 2.73 bits per heavy atom. The van der Waals surface area contributed by atoms with Gasteiger partial charge in [0.25, 0.3) is 0 Å². The Hall–Kier alpha value is -1.02. The third-order valence-electron chi connectivity index (χ3n) is 1.31. The van der Waals surface area contributed by atoms with Crippen LogP contribution in [0.1, 0.15) is 17.2 Å². The molecule has 0 saturated heterocycles. The summed E-state index contributed by atoms with van der Waals surface area (Å²) in [5.41, 5.74) is 1.50. The maximum Gasteiger partial charge on any atom is 0.107 e. The molecule has 0 atom stereocenters. The molecule has 0 amide bonds. The fraction of sp³-hybridized carbons (Fsp3) is 0.125. The minimum atomic E-state index is 0.434. The molecule has 0 radical (unpaired) electrons. The summed E-state index contributed by atoms with van der Waals surface area (Å²) in [5.74, 6) is 0.816. The van der Waals surface area contributed by atoms with E-state index < -0.39 is 0 Å². The van der Waals surface area contributed by atoms with Gasteiger partial charge in [-0.25, -0.2) is 4.98 Å². The molecule has 0 spiro atoms. The van der Waals surface area contributed by atoms with Gasteiger partial charge in [0.15, 0.2) is 0 Å². The first-order chi connectivity index (χ1) is 5.15. The van der Waals surface area contributed by atoms with Gasteiger partial charge < -0.3 is 4.98 Å². The molecule has 0 unspecified atom stereocenters. The van der Waals surface area contributed by atoms with Crippen LogP contribution in [0.3, 0.4) is 0 Å². The molecule has 1 aromatic heterocycles. The summed E-state index contributed by atoms with van der Waals surface area (Å²) in [6.45, 7) is 9.06. The number of hydrogen-bond acceptors (Lipinski definition) is 1. The van der Waals surface area contributed by atoms with Gasteiger partial charge in [0.2, 0.25) is 0 Å². The van der Waals surface area contributed by atoms with E-state index in [2.05, 4.69) is 23.1 Å². The van der Waals surface area contributed by atoms with Crippen LogP contribution in [-0.4, -0.2) is 9.97 Å². The van der Waals surface area contributed by atoms with Crippen LogP contribution in [0.15, 0.2) is 13.2 Å². The molecule has 58 valence electrons. The molecule has 1 rings (SSSR count). The summed E-state index contributed by atoms with van der Waals surface area (Å²) >= 11 is 5.68. The number of halogens is 1. The fourth-order valence-corrected chi connectivity index (χ4v) is 1.01. The van der Waals surface area contributed by atoms with Crippen molar-refractivity contribution < 1.29 is 0 Å². The summed E-state index contributed by atoms with van der Waals surface area (Å²) in [6.07, 6.45) is 1.67. The Kier molecular flexibility index (Phi) is 2.15. The van der Waals surface area contributed by atoms with E-state index in [1.54, 1.807) is 6.08 Å². The summed E-state index contributed by atoms with van der Waals surface area (Å²) in [7, 11) is 0. The molecule has 1 aromatic rings. The summed E-state index contributed by atoms with van der Waals surface area (Å²) in [6, 6.07) is 0. The zero-order chi connectivity index (χ0) is 8.43. The summed E-state index contributed by atoms with van der Waals surface area (Å²) < 4.78 is 0. The van der Waals surface area contributed by atoms with Crippen molar-refractivity contribution in [1.82, 2.24) is 9.97 Å². The number of aryl methyl sites for hydroxylation is 1. The van der Waals surface area contributed by atoms with E-state index in [4.69, 9.17) is 11.6 Å². The second kappa shape index (κ2) is 2.93. The maximum absolute atomic E-state index is 5.68. The van der Waals surface area contributed by atoms with Crippen LogP contribution < -0.4 is 0 Å². The third-order valence-corrected chi connectivity index (χ3v) is 1.49. The number of hydrogen-bond donors (Lipinski definition) is 1. The smallest absolute Gasteiger partial charge is 0.107 e. The highest BCUT2D eigenvalue weighted by molar-refractivity contribution is 6.48. The van der Waals surface area contributed by atoms with Gasteiger partial charge in [-0.3, -0.25) is 0 Å². The Bertz CT molecular complexity index is 299. The van der Waals surface area contributed by atoms with Crippen LogP contribution >= 0.6 is 11.6 Å². The second-order valence-electron chi connectivity index (χ2n) is 2.19. The van der Waals surface area contributed by atoms with Crippen LogP contribution in [0, 0.1) is 6.92 Å². The maximum atomic E-state index is 5.68. The lowest BCUT2D eigenvalue weighted by atomic mass is 10.3. The van der Waals surface area contributed by atoms with Gasteiger partial charge in [-0.2, -0.15) is 0 Å². The van der Waals surface area contributed by atoms with Crippen molar-refractivity contribution in [3.05, 3.63) is 30.4 Å². The minimum Gasteiger partial charge on any atom is -0.342 e. The van der Waals surface area contributed by atoms with Crippen molar-refractivity contribution in [2.75, 3.05) is 0 Å². The Morgan fingerprint density at radius 1 is 1.73 bits per heavy atom. The van der Waals surface area contributed by atoms with Crippen LogP contribution in [-0.2, 0) is 0 Å². The number of imidazole rings is 1. The largest absolute Gasteiger partial charge is 0.342 e. The second-order valence-corrected chi connectivity index (χ2v) is 2.65. The molecule has 0 aliphatic carbocycles. The quantitative estimate of drug-likeness (QED) is 0.723. The van der Waals surface area contributed by atoms with Gasteiger partial charge in [-0.1, -0.05) is 24.8 Å². The van der Waals surface area contributed by atoms with Crippen molar-refractivity contribution in [1.29, 1.82) is 0 Å². The van der Waals surface area contributed by atoms with E-state index in [0.717, 1.165) is 11.5 Å². The first-order valence-electron chi connectivity index (χ1n) is 3.19. The average Bonchev–Trinajstić information content (AvgIpc) is 2.30. The molecule has 3 heteroatoms. The number of rotatable bonds is 2. The van der Waals surface area contributed by atoms with Crippen molar-refractivity contribution >= 4 is 22.7 Å². The monoisotopic (exact) mass is 168 g/mol. The summed E-state index contributed by atoms with van der Waals surface area (Å²) in [4.78, 5) is 7.12. The summed E-state index contributed by atoms with van der Waals surface area (Å²) in [5, 5.41) is 0.434. The van der Waals surface area contributed by atoms with Gasteiger partial charge in [-0.15, -0.1) is 0 Å². The van der Waals surface area contributed by atoms with Crippen LogP contribution in [0.5, 0.6) is 0 Å². The van der Waals surface area contributed by atoms with Crippen molar-refractivity contribution in [2.24, 2.45) is 0 Å². The lowest BCUT2D eigenvalue weighted by molar-refractivity contribution is 1.14. The molecule has 1 N–H and O–H groups in total. The van der Waals surface area contributed by atoms with E-state index in [9.17, 15) is 0 Å². The highest BCUT2D eigenvalue weighted by atomic mass is 35.5. The molecule has 0 aromatic carbocycles. The standard InChI is InChI=1S/C8H9ClN2/c1-4-7-8(5(2)9)11-6(3)10-7/h4H,1-2H2,3H3,(H,10,11). The molecular weight excluding hydrogens is 160 g/mol. The van der Waals surface area contributed by atoms with E-state index in [-0.39, 0.29) is 0 Å². The van der Waals surface area contributed by atoms with E-state index in [1.807, 2.05) is 6.92 Å². The number of nitrogens with zero attached hydrogens (tertiary/aromatic N) is 1. The predicted molar refractivity (Wildman–Crippen MR) is 48.3 cm³/mol. The predicted octanol–water partition coefficient (Wildman–Crippen LogP) is 2.57. The normalized spacial score (nSPS) is 9.64. The lowest BCUT2D eigenvalue weighted by Gasteiger charge is -1.90. The topological polar surface area (TPSA) is 28.7 Å². The lowest BCUT2D eigenvalue weighted by Crippen LogP contribution is -1.78. The number of aromatic amines is 1. The molecular formula is C8H9ClN2. The molecule has 0 fully saturated rings. The van der Waals surface area contributed by atoms with Gasteiger partial charge in [0.1, 0.15) is 11.5 Å². The Labute approximate surface area is 70.6 Å². The van der Waals surface area contributed by atoms with Gasteiger partial charge in [0, 0.05) is 0 Å². The first kappa shape index (κ1) is 8.08. The highest BCUT2D eigenvalue weighted by Gasteiger charge is 2.05. The van der Waals surface area contributed by atoms with Crippen molar-refractivity contribution in [2.45, 2.75) is 6.92 Å². The Balaban J connectivity index is 3.22. The average molecular weight is 169 g/mol. The van der Waals surface area contributed by atoms with Gasteiger partial charge in [0.05, 0.1) is 10.7 Å². The van der Waals surface area contributed by atoms with Crippen LogP contribution in [0.2, 0.25) is 0 Å². The van der Waals surface area contributed by atoms with Gasteiger partial charge >= 0.3 is 0 Å². The zero-order valence-electron chi connectivity index (χ0n) is 6.32. The Morgan fingerprint density at radius 2 is 2.36 bits per heavy atom. The zero-order valence-corrected chi connectivity index (χ0v) is 7.07. The molecule has 0 bridgehead atoms. The molecule has 11 heavy (non-hydrogen) atoms. The van der Waals surface area contributed by atoms with Crippen LogP contribution in [0.4, 0.5) is 0 Å². The van der Waals surface area contributed by atoms with Gasteiger partial charge in [-0.05, 0) is 13.0 Å². The number of nitrogens with one attached hydrogen (secondary N) is 1. The molecule has 0 saturated carbocycles. The highest BCUT2D eigenvalue weighted by Crippen LogP contribution is 2.19. The SMILES string of the molecule is C=Cc1[nH]c(C)nc1C(=C)Cl. The molecule has 1 heterocycles. The van der Waals surface area contributed by atoms with E-state index in [1.165, 1.54) is 0 Å². The fourth-order valence-electron chi connectivity index (χ4n) is 0.864. The van der Waals surface area contributed by atoms with Crippen LogP contribution in [0.25, 0.3) is 11.1 Å². The van der Waals surface area contributed by atoms with E-state index in [0.29, 0.717) is 10.7 Å². The molecule has 0 aliphatic heterocycles. The number of aromatic nitrogens is 2. The van der Waals surface area contributed by atoms with Crippen molar-refractivity contribution in [3.8, 4) is 0 Å². The number of H-pyrrole nitrogens is 1. The first-order valence-corrected chi connectivity index (χ1v) is 3.56. The van der Waals surface area contributed by atoms with Crippen molar-refractivity contribution in [3.63, 3.8) is 0 Å².